The number of benzene rings is 2. The molecule has 0 amide bonds. The van der Waals surface area contributed by atoms with E-state index in [4.69, 9.17) is 14.0 Å². The number of rotatable bonds is 1. The number of ether oxygens (including phenoxy) is 2. The van der Waals surface area contributed by atoms with Gasteiger partial charge in [0, 0.05) is 23.0 Å². The lowest BCUT2D eigenvalue weighted by molar-refractivity contribution is -0.0335. The van der Waals surface area contributed by atoms with Crippen LogP contribution in [0.25, 0.3) is 11.3 Å². The van der Waals surface area contributed by atoms with Crippen LogP contribution in [0, 0.1) is 5.92 Å². The van der Waals surface area contributed by atoms with E-state index in [0.717, 1.165) is 22.6 Å². The Morgan fingerprint density at radius 3 is 2.60 bits per heavy atom. The summed E-state index contributed by atoms with van der Waals surface area (Å²) in [5.41, 5.74) is 3.72. The highest BCUT2D eigenvalue weighted by Crippen LogP contribution is 2.54. The Morgan fingerprint density at radius 2 is 1.76 bits per heavy atom. The van der Waals surface area contributed by atoms with E-state index in [0.29, 0.717) is 12.6 Å². The summed E-state index contributed by atoms with van der Waals surface area (Å²) in [6, 6.07) is 18.4. The Balaban J connectivity index is 1.76. The molecule has 0 unspecified atom stereocenters. The third-order valence-electron chi connectivity index (χ3n) is 5.38. The molecular weight excluding hydrogens is 314 g/mol. The average molecular weight is 333 g/mol. The van der Waals surface area contributed by atoms with Gasteiger partial charge in [0.05, 0.1) is 12.2 Å². The van der Waals surface area contributed by atoms with Crippen molar-refractivity contribution in [2.24, 2.45) is 5.92 Å². The summed E-state index contributed by atoms with van der Waals surface area (Å²) in [6.45, 7) is 4.80. The first kappa shape index (κ1) is 14.6. The zero-order valence-electron chi connectivity index (χ0n) is 14.2. The van der Waals surface area contributed by atoms with Crippen molar-refractivity contribution in [2.75, 3.05) is 6.61 Å². The summed E-state index contributed by atoms with van der Waals surface area (Å²) in [4.78, 5) is 0. The Labute approximate surface area is 146 Å². The lowest BCUT2D eigenvalue weighted by atomic mass is 9.70. The van der Waals surface area contributed by atoms with Gasteiger partial charge in [0.1, 0.15) is 17.0 Å². The molecule has 0 spiro atoms. The van der Waals surface area contributed by atoms with Gasteiger partial charge in [0.2, 0.25) is 0 Å². The van der Waals surface area contributed by atoms with Crippen LogP contribution in [0.5, 0.6) is 11.7 Å². The van der Waals surface area contributed by atoms with Crippen molar-refractivity contribution in [2.45, 2.75) is 25.4 Å². The van der Waals surface area contributed by atoms with Gasteiger partial charge < -0.3 is 14.0 Å². The fourth-order valence-corrected chi connectivity index (χ4v) is 4.07. The van der Waals surface area contributed by atoms with Gasteiger partial charge in [0.15, 0.2) is 0 Å². The normalized spacial score (nSPS) is 22.8. The van der Waals surface area contributed by atoms with Crippen LogP contribution in [0.4, 0.5) is 0 Å². The lowest BCUT2D eigenvalue weighted by Gasteiger charge is -2.45. The van der Waals surface area contributed by atoms with Crippen molar-refractivity contribution < 1.29 is 14.0 Å². The molecule has 4 nitrogen and oxygen atoms in total. The third-order valence-corrected chi connectivity index (χ3v) is 5.38. The predicted molar refractivity (Wildman–Crippen MR) is 93.9 cm³/mol. The molecular formula is C21H19NO3. The SMILES string of the molecule is CC1(C)Oc2onc(-c3ccccc3)c2[C@@H]2c3ccccc3OC[C@@H]21. The van der Waals surface area contributed by atoms with Crippen LogP contribution < -0.4 is 9.47 Å². The average Bonchev–Trinajstić information content (AvgIpc) is 3.04. The van der Waals surface area contributed by atoms with Crippen LogP contribution >= 0.6 is 0 Å². The second-order valence-corrected chi connectivity index (χ2v) is 7.24. The van der Waals surface area contributed by atoms with Crippen molar-refractivity contribution in [1.29, 1.82) is 0 Å². The Bertz CT molecular complexity index is 929. The van der Waals surface area contributed by atoms with Crippen LogP contribution in [-0.2, 0) is 0 Å². The quantitative estimate of drug-likeness (QED) is 0.650. The minimum Gasteiger partial charge on any atom is -0.493 e. The predicted octanol–water partition coefficient (Wildman–Crippen LogP) is 4.65. The first-order chi connectivity index (χ1) is 12.1. The molecule has 4 heteroatoms. The van der Waals surface area contributed by atoms with E-state index in [1.54, 1.807) is 0 Å². The summed E-state index contributed by atoms with van der Waals surface area (Å²) in [7, 11) is 0. The standard InChI is InChI=1S/C21H19NO3/c1-21(2)15-12-23-16-11-7-6-10-14(16)17(15)18-19(22-25-20(18)24-21)13-8-4-3-5-9-13/h3-11,15,17H,12H2,1-2H3/t15-,17+/m0/s1. The number of nitrogens with zero attached hydrogens (tertiary/aromatic N) is 1. The van der Waals surface area contributed by atoms with Crippen LogP contribution in [0.15, 0.2) is 59.1 Å². The molecule has 1 aromatic heterocycles. The van der Waals surface area contributed by atoms with Gasteiger partial charge in [-0.1, -0.05) is 53.7 Å². The Kier molecular flexibility index (Phi) is 2.99. The molecule has 0 radical (unpaired) electrons. The van der Waals surface area contributed by atoms with Crippen LogP contribution in [-0.4, -0.2) is 17.4 Å². The van der Waals surface area contributed by atoms with E-state index in [9.17, 15) is 0 Å². The van der Waals surface area contributed by atoms with Crippen LogP contribution in [0.3, 0.4) is 0 Å². The fourth-order valence-electron chi connectivity index (χ4n) is 4.07. The number of hydrogen-bond acceptors (Lipinski definition) is 4. The molecule has 3 aromatic rings. The topological polar surface area (TPSA) is 44.5 Å². The van der Waals surface area contributed by atoms with Crippen molar-refractivity contribution in [1.82, 2.24) is 5.16 Å². The maximum absolute atomic E-state index is 6.20. The lowest BCUT2D eigenvalue weighted by Crippen LogP contribution is -2.49. The molecule has 2 aromatic carbocycles. The summed E-state index contributed by atoms with van der Waals surface area (Å²) in [6.07, 6.45) is 0. The highest BCUT2D eigenvalue weighted by molar-refractivity contribution is 5.68. The monoisotopic (exact) mass is 333 g/mol. The largest absolute Gasteiger partial charge is 0.493 e. The van der Waals surface area contributed by atoms with Gasteiger partial charge in [-0.2, -0.15) is 0 Å². The Morgan fingerprint density at radius 1 is 1.00 bits per heavy atom. The van der Waals surface area contributed by atoms with E-state index in [-0.39, 0.29) is 11.8 Å². The van der Waals surface area contributed by atoms with Crippen molar-refractivity contribution in [3.8, 4) is 23.0 Å². The molecule has 0 aliphatic carbocycles. The van der Waals surface area contributed by atoms with E-state index >= 15 is 0 Å². The first-order valence-corrected chi connectivity index (χ1v) is 8.61. The molecule has 3 heterocycles. The minimum atomic E-state index is -0.390. The molecule has 126 valence electrons. The second kappa shape index (κ2) is 5.12. The maximum atomic E-state index is 6.20. The summed E-state index contributed by atoms with van der Waals surface area (Å²) in [5, 5.41) is 4.36. The van der Waals surface area contributed by atoms with Gasteiger partial charge in [0.25, 0.3) is 0 Å². The molecule has 0 N–H and O–H groups in total. The highest BCUT2D eigenvalue weighted by atomic mass is 16.6. The molecule has 0 saturated heterocycles. The number of para-hydroxylation sites is 1. The number of fused-ring (bicyclic) bond motifs is 5. The van der Waals surface area contributed by atoms with Gasteiger partial charge in [-0.3, -0.25) is 0 Å². The molecule has 5 rings (SSSR count). The highest BCUT2D eigenvalue weighted by Gasteiger charge is 2.50. The minimum absolute atomic E-state index is 0.144. The number of aromatic nitrogens is 1. The zero-order chi connectivity index (χ0) is 17.0. The summed E-state index contributed by atoms with van der Waals surface area (Å²) >= 11 is 0. The second-order valence-electron chi connectivity index (χ2n) is 7.24. The maximum Gasteiger partial charge on any atom is 0.316 e. The Hall–Kier alpha value is -2.75. The fraction of sp³-hybridized carbons (Fsp3) is 0.286. The smallest absolute Gasteiger partial charge is 0.316 e. The van der Waals surface area contributed by atoms with Crippen LogP contribution in [0.1, 0.15) is 30.9 Å². The van der Waals surface area contributed by atoms with E-state index in [1.807, 2.05) is 30.3 Å². The zero-order valence-corrected chi connectivity index (χ0v) is 14.2. The van der Waals surface area contributed by atoms with E-state index < -0.39 is 5.60 Å². The molecule has 2 aliphatic rings. The first-order valence-electron chi connectivity index (χ1n) is 8.61. The molecule has 0 fully saturated rings. The van der Waals surface area contributed by atoms with E-state index in [1.165, 1.54) is 5.56 Å². The molecule has 0 bridgehead atoms. The van der Waals surface area contributed by atoms with Gasteiger partial charge in [-0.05, 0) is 19.9 Å². The van der Waals surface area contributed by atoms with Gasteiger partial charge in [-0.15, -0.1) is 0 Å². The third kappa shape index (κ3) is 2.10. The van der Waals surface area contributed by atoms with Crippen LogP contribution in [0.2, 0.25) is 0 Å². The molecule has 2 aliphatic heterocycles. The molecule has 25 heavy (non-hydrogen) atoms. The van der Waals surface area contributed by atoms with Crippen molar-refractivity contribution >= 4 is 0 Å². The van der Waals surface area contributed by atoms with Crippen molar-refractivity contribution in [3.05, 3.63) is 65.7 Å². The summed E-state index contributed by atoms with van der Waals surface area (Å²) in [5.74, 6) is 1.80. The van der Waals surface area contributed by atoms with Gasteiger partial charge >= 0.3 is 5.95 Å². The number of hydrogen-bond donors (Lipinski definition) is 0. The molecule has 0 saturated carbocycles. The summed E-state index contributed by atoms with van der Waals surface area (Å²) < 4.78 is 17.9. The van der Waals surface area contributed by atoms with Gasteiger partial charge in [-0.25, -0.2) is 0 Å². The van der Waals surface area contributed by atoms with Crippen molar-refractivity contribution in [3.63, 3.8) is 0 Å². The molecule has 2 atom stereocenters. The van der Waals surface area contributed by atoms with E-state index in [2.05, 4.69) is 43.3 Å².